The van der Waals surface area contributed by atoms with E-state index in [1.807, 2.05) is 38.2 Å². The van der Waals surface area contributed by atoms with Crippen molar-refractivity contribution in [3.63, 3.8) is 0 Å². The Morgan fingerprint density at radius 2 is 2.12 bits per heavy atom. The van der Waals surface area contributed by atoms with Crippen molar-refractivity contribution in [1.29, 1.82) is 0 Å². The summed E-state index contributed by atoms with van der Waals surface area (Å²) in [7, 11) is 1.88. The van der Waals surface area contributed by atoms with Gasteiger partial charge in [-0.1, -0.05) is 36.4 Å². The lowest BCUT2D eigenvalue weighted by Crippen LogP contribution is -2.29. The Morgan fingerprint density at radius 3 is 2.79 bits per heavy atom. The maximum Gasteiger partial charge on any atom is 0.251 e. The molecule has 0 aliphatic rings. The summed E-state index contributed by atoms with van der Waals surface area (Å²) in [5.74, 6) is 0.145. The van der Waals surface area contributed by atoms with Gasteiger partial charge in [0.1, 0.15) is 5.02 Å². The molecule has 0 atom stereocenters. The van der Waals surface area contributed by atoms with Gasteiger partial charge in [-0.05, 0) is 19.1 Å². The number of para-hydroxylation sites is 1. The predicted octanol–water partition coefficient (Wildman–Crippen LogP) is 3.16. The first-order valence-electron chi connectivity index (χ1n) is 7.62. The summed E-state index contributed by atoms with van der Waals surface area (Å²) in [5.41, 5.74) is 1.79. The van der Waals surface area contributed by atoms with Crippen LogP contribution in [0.5, 0.6) is 0 Å². The van der Waals surface area contributed by atoms with Gasteiger partial charge in [0.15, 0.2) is 5.82 Å². The highest BCUT2D eigenvalue weighted by molar-refractivity contribution is 6.33. The third kappa shape index (κ3) is 2.80. The van der Waals surface area contributed by atoms with Crippen LogP contribution in [0.3, 0.4) is 0 Å². The lowest BCUT2D eigenvalue weighted by Gasteiger charge is -2.18. The van der Waals surface area contributed by atoms with Crippen molar-refractivity contribution in [3.8, 4) is 0 Å². The van der Waals surface area contributed by atoms with Crippen LogP contribution < -0.4 is 4.90 Å². The highest BCUT2D eigenvalue weighted by Crippen LogP contribution is 2.27. The molecule has 3 aromatic rings. The van der Waals surface area contributed by atoms with Gasteiger partial charge < -0.3 is 0 Å². The molecule has 0 spiro atoms. The molecule has 3 rings (SSSR count). The van der Waals surface area contributed by atoms with Gasteiger partial charge >= 0.3 is 0 Å². The first-order valence-corrected chi connectivity index (χ1v) is 8.00. The van der Waals surface area contributed by atoms with E-state index in [0.717, 1.165) is 16.6 Å². The number of rotatable bonds is 5. The van der Waals surface area contributed by atoms with Crippen molar-refractivity contribution in [2.24, 2.45) is 7.05 Å². The van der Waals surface area contributed by atoms with Crippen molar-refractivity contribution in [3.05, 3.63) is 53.8 Å². The Hall–Kier alpha value is -2.60. The molecule has 1 aromatic carbocycles. The normalized spacial score (nSPS) is 11.0. The topological polar surface area (TPSA) is 56.0 Å². The summed E-state index contributed by atoms with van der Waals surface area (Å²) in [6, 6.07) is 7.89. The Kier molecular flexibility index (Phi) is 4.40. The van der Waals surface area contributed by atoms with E-state index in [-0.39, 0.29) is 12.5 Å². The maximum atomic E-state index is 12.4. The van der Waals surface area contributed by atoms with Crippen LogP contribution in [0.15, 0.2) is 43.1 Å². The molecule has 0 radical (unpaired) electrons. The molecule has 0 saturated heterocycles. The fourth-order valence-corrected chi connectivity index (χ4v) is 2.91. The molecule has 2 aromatic heterocycles. The zero-order valence-electron chi connectivity index (χ0n) is 13.6. The summed E-state index contributed by atoms with van der Waals surface area (Å²) in [6.07, 6.45) is 2.96. The van der Waals surface area contributed by atoms with Crippen LogP contribution in [0.1, 0.15) is 12.6 Å². The summed E-state index contributed by atoms with van der Waals surface area (Å²) >= 11 is 6.27. The third-order valence-electron chi connectivity index (χ3n) is 3.86. The van der Waals surface area contributed by atoms with E-state index < -0.39 is 0 Å². The molecular formula is C17H18ClN5O. The van der Waals surface area contributed by atoms with Crippen LogP contribution in [-0.4, -0.2) is 25.5 Å². The van der Waals surface area contributed by atoms with E-state index in [1.54, 1.807) is 15.6 Å². The second-order valence-corrected chi connectivity index (χ2v) is 5.78. The molecule has 6 nitrogen and oxygen atoms in total. The molecule has 0 N–H and O–H groups in total. The van der Waals surface area contributed by atoms with Crippen LogP contribution >= 0.6 is 11.6 Å². The third-order valence-corrected chi connectivity index (χ3v) is 4.13. The van der Waals surface area contributed by atoms with Crippen molar-refractivity contribution in [1.82, 2.24) is 19.6 Å². The molecule has 24 heavy (non-hydrogen) atoms. The van der Waals surface area contributed by atoms with Gasteiger partial charge in [-0.2, -0.15) is 10.2 Å². The van der Waals surface area contributed by atoms with E-state index in [1.165, 1.54) is 11.0 Å². The maximum absolute atomic E-state index is 12.4. The van der Waals surface area contributed by atoms with E-state index >= 15 is 0 Å². The molecule has 0 unspecified atom stereocenters. The quantitative estimate of drug-likeness (QED) is 0.669. The van der Waals surface area contributed by atoms with Gasteiger partial charge in [-0.15, -0.1) is 0 Å². The number of fused-ring (bicyclic) bond motifs is 1. The molecule has 0 bridgehead atoms. The van der Waals surface area contributed by atoms with E-state index in [9.17, 15) is 4.79 Å². The van der Waals surface area contributed by atoms with Crippen molar-refractivity contribution >= 4 is 34.2 Å². The second kappa shape index (κ2) is 6.49. The van der Waals surface area contributed by atoms with Gasteiger partial charge in [-0.25, -0.2) is 0 Å². The number of carbonyl (C=O) groups excluding carboxylic acids is 1. The van der Waals surface area contributed by atoms with Gasteiger partial charge in [0, 0.05) is 25.2 Å². The zero-order valence-corrected chi connectivity index (χ0v) is 14.4. The Morgan fingerprint density at radius 1 is 1.38 bits per heavy atom. The minimum Gasteiger partial charge on any atom is -0.284 e. The number of halogens is 1. The molecule has 2 heterocycles. The number of aryl methyl sites for hydroxylation is 2. The van der Waals surface area contributed by atoms with Gasteiger partial charge in [-0.3, -0.25) is 19.1 Å². The number of amides is 1. The highest BCUT2D eigenvalue weighted by atomic mass is 35.5. The second-order valence-electron chi connectivity index (χ2n) is 5.37. The molecule has 124 valence electrons. The fraction of sp³-hybridized carbons (Fsp3) is 0.235. The van der Waals surface area contributed by atoms with Crippen LogP contribution in [0.25, 0.3) is 10.9 Å². The number of benzene rings is 1. The summed E-state index contributed by atoms with van der Waals surface area (Å²) in [6.45, 7) is 6.48. The molecular weight excluding hydrogens is 326 g/mol. The van der Waals surface area contributed by atoms with E-state index in [2.05, 4.69) is 16.8 Å². The average molecular weight is 344 g/mol. The van der Waals surface area contributed by atoms with Crippen LogP contribution in [-0.2, 0) is 24.9 Å². The van der Waals surface area contributed by atoms with Crippen LogP contribution in [0, 0.1) is 0 Å². The van der Waals surface area contributed by atoms with Crippen molar-refractivity contribution in [2.75, 3.05) is 4.90 Å². The SMILES string of the molecule is C=CC(=O)N(Cc1nn(C)c2ccccc12)c1nn(CC)cc1Cl. The van der Waals surface area contributed by atoms with Crippen molar-refractivity contribution < 1.29 is 4.79 Å². The van der Waals surface area contributed by atoms with Crippen molar-refractivity contribution in [2.45, 2.75) is 20.0 Å². The largest absolute Gasteiger partial charge is 0.284 e. The molecule has 0 saturated carbocycles. The zero-order chi connectivity index (χ0) is 17.3. The summed E-state index contributed by atoms with van der Waals surface area (Å²) < 4.78 is 3.49. The molecule has 7 heteroatoms. The number of anilines is 1. The average Bonchev–Trinajstić information content (AvgIpc) is 3.12. The first kappa shape index (κ1) is 16.3. The number of nitrogens with zero attached hydrogens (tertiary/aromatic N) is 5. The minimum absolute atomic E-state index is 0.270. The van der Waals surface area contributed by atoms with Crippen LogP contribution in [0.2, 0.25) is 5.02 Å². The highest BCUT2D eigenvalue weighted by Gasteiger charge is 2.22. The van der Waals surface area contributed by atoms with Crippen LogP contribution in [0.4, 0.5) is 5.82 Å². The standard InChI is InChI=1S/C17H18ClN5O/c1-4-16(24)23(17-13(18)10-22(5-2)20-17)11-14-12-8-6-7-9-15(12)21(3)19-14/h4,6-10H,1,5,11H2,2-3H3. The number of hydrogen-bond donors (Lipinski definition) is 0. The number of carbonyl (C=O) groups is 1. The first-order chi connectivity index (χ1) is 11.5. The monoisotopic (exact) mass is 343 g/mol. The minimum atomic E-state index is -0.270. The predicted molar refractivity (Wildman–Crippen MR) is 95.0 cm³/mol. The van der Waals surface area contributed by atoms with Gasteiger partial charge in [0.2, 0.25) is 0 Å². The lowest BCUT2D eigenvalue weighted by molar-refractivity contribution is -0.114. The smallest absolute Gasteiger partial charge is 0.251 e. The summed E-state index contributed by atoms with van der Waals surface area (Å²) in [4.78, 5) is 13.9. The van der Waals surface area contributed by atoms with E-state index in [4.69, 9.17) is 11.6 Å². The lowest BCUT2D eigenvalue weighted by atomic mass is 10.2. The molecule has 0 aliphatic carbocycles. The molecule has 0 aliphatic heterocycles. The van der Waals surface area contributed by atoms with E-state index in [0.29, 0.717) is 17.4 Å². The number of hydrogen-bond acceptors (Lipinski definition) is 3. The summed E-state index contributed by atoms with van der Waals surface area (Å²) in [5, 5.41) is 10.3. The molecule has 0 fully saturated rings. The Balaban J connectivity index is 2.05. The fourth-order valence-electron chi connectivity index (χ4n) is 2.65. The van der Waals surface area contributed by atoms with Gasteiger partial charge in [0.25, 0.3) is 5.91 Å². The molecule has 1 amide bonds. The Bertz CT molecular complexity index is 911. The van der Waals surface area contributed by atoms with Gasteiger partial charge in [0.05, 0.1) is 17.8 Å². The Labute approximate surface area is 144 Å². The number of aromatic nitrogens is 4.